The number of aryl methyl sites for hydroxylation is 8. The molecule has 0 atom stereocenters. The largest absolute Gasteiger partial charge is 0.457 e. The third kappa shape index (κ3) is 14.3. The van der Waals surface area contributed by atoms with E-state index in [9.17, 15) is 0 Å². The zero-order valence-corrected chi connectivity index (χ0v) is 42.4. The first kappa shape index (κ1) is 51.5. The molecular weight excluding hydrogens is 838 g/mol. The number of rotatable bonds is 14. The maximum absolute atomic E-state index is 6.53. The van der Waals surface area contributed by atoms with Crippen molar-refractivity contribution in [3.8, 4) is 57.1 Å². The van der Waals surface area contributed by atoms with Crippen LogP contribution in [0.3, 0.4) is 0 Å². The molecule has 1 radical (unpaired) electrons. The first-order valence-corrected chi connectivity index (χ1v) is 21.9. The van der Waals surface area contributed by atoms with E-state index in [1.165, 1.54) is 32.1 Å². The van der Waals surface area contributed by atoms with Crippen LogP contribution >= 0.6 is 0 Å². The summed E-state index contributed by atoms with van der Waals surface area (Å²) in [6, 6.07) is 32.7. The van der Waals surface area contributed by atoms with Gasteiger partial charge in [0, 0.05) is 32.7 Å². The molecule has 0 spiro atoms. The minimum absolute atomic E-state index is 0. The Hall–Kier alpha value is -4.90. The third-order valence-corrected chi connectivity index (χ3v) is 10.4. The number of hydrogen-bond donors (Lipinski definition) is 0. The van der Waals surface area contributed by atoms with Crippen molar-refractivity contribution < 1.29 is 51.7 Å². The van der Waals surface area contributed by atoms with Gasteiger partial charge in [0.2, 0.25) is 0 Å². The van der Waals surface area contributed by atoms with Gasteiger partial charge in [-0.1, -0.05) is 109 Å². The molecule has 62 heavy (non-hydrogen) atoms. The molecule has 0 heterocycles. The fourth-order valence-corrected chi connectivity index (χ4v) is 6.99. The maximum Gasteiger partial charge on any atom is 0.133 e. The summed E-state index contributed by atoms with van der Waals surface area (Å²) >= 11 is 0. The van der Waals surface area contributed by atoms with Gasteiger partial charge in [0.05, 0.1) is 0 Å². The molecule has 5 heteroatoms. The summed E-state index contributed by atoms with van der Waals surface area (Å²) in [5, 5.41) is 0. The molecule has 0 aliphatic carbocycles. The molecule has 0 bridgehead atoms. The monoisotopic (exact) mass is 905 g/mol. The Morgan fingerprint density at radius 3 is 0.806 bits per heavy atom. The van der Waals surface area contributed by atoms with Gasteiger partial charge >= 0.3 is 0 Å². The minimum Gasteiger partial charge on any atom is -0.457 e. The van der Waals surface area contributed by atoms with E-state index in [2.05, 4.69) is 92.8 Å². The first-order chi connectivity index (χ1) is 29.2. The van der Waals surface area contributed by atoms with Crippen LogP contribution in [0.25, 0.3) is 23.3 Å². The Labute approximate surface area is 399 Å². The van der Waals surface area contributed by atoms with Crippen LogP contribution in [0.5, 0.6) is 46.0 Å². The van der Waals surface area contributed by atoms with Crippen molar-refractivity contribution in [1.82, 2.24) is 0 Å². The van der Waals surface area contributed by atoms with E-state index in [0.29, 0.717) is 0 Å². The zero-order valence-electron chi connectivity index (χ0n) is 39.6. The fourth-order valence-electron chi connectivity index (χ4n) is 6.99. The fraction of sp³-hybridized carbons (Fsp3) is 0.298. The van der Waals surface area contributed by atoms with Gasteiger partial charge in [0.15, 0.2) is 0 Å². The van der Waals surface area contributed by atoms with E-state index < -0.39 is 0 Å². The molecule has 0 aromatic heterocycles. The van der Waals surface area contributed by atoms with Gasteiger partial charge in [-0.3, -0.25) is 0 Å². The summed E-state index contributed by atoms with van der Waals surface area (Å²) in [4.78, 5) is 0. The Morgan fingerprint density at radius 2 is 0.597 bits per heavy atom. The second kappa shape index (κ2) is 25.3. The van der Waals surface area contributed by atoms with E-state index >= 15 is 0 Å². The molecule has 0 N–H and O–H groups in total. The van der Waals surface area contributed by atoms with Gasteiger partial charge in [-0.25, -0.2) is 0 Å². The van der Waals surface area contributed by atoms with Gasteiger partial charge in [-0.15, -0.1) is 0 Å². The third-order valence-electron chi connectivity index (χ3n) is 10.4. The van der Waals surface area contributed by atoms with Gasteiger partial charge in [-0.2, -0.15) is 0 Å². The molecule has 0 amide bonds. The second-order valence-electron chi connectivity index (χ2n) is 16.0. The summed E-state index contributed by atoms with van der Waals surface area (Å²) in [5.74, 6) is 6.52. The van der Waals surface area contributed by atoms with Crippen molar-refractivity contribution in [3.05, 3.63) is 166 Å². The van der Waals surface area contributed by atoms with Gasteiger partial charge < -0.3 is 18.9 Å². The Morgan fingerprint density at radius 1 is 0.355 bits per heavy atom. The predicted molar refractivity (Wildman–Crippen MR) is 262 cm³/mol. The van der Waals surface area contributed by atoms with Crippen molar-refractivity contribution in [1.29, 1.82) is 0 Å². The van der Waals surface area contributed by atoms with Crippen LogP contribution in [0.2, 0.25) is 0 Å². The molecule has 0 aliphatic rings. The molecule has 0 fully saturated rings. The predicted octanol–water partition coefficient (Wildman–Crippen LogP) is 18.3. The maximum atomic E-state index is 6.53. The van der Waals surface area contributed by atoms with E-state index in [1.54, 1.807) is 0 Å². The van der Waals surface area contributed by atoms with E-state index in [4.69, 9.17) is 18.9 Å². The molecule has 0 aliphatic heterocycles. The average molecular weight is 906 g/mol. The average Bonchev–Trinajstić information content (AvgIpc) is 3.24. The van der Waals surface area contributed by atoms with Crippen LogP contribution in [0.15, 0.2) is 110 Å². The van der Waals surface area contributed by atoms with Crippen LogP contribution < -0.4 is 18.9 Å². The molecule has 6 rings (SSSR count). The normalized spacial score (nSPS) is 10.3. The summed E-state index contributed by atoms with van der Waals surface area (Å²) in [6.07, 6.45) is 10.4. The summed E-state index contributed by atoms with van der Waals surface area (Å²) < 4.78 is 25.6. The van der Waals surface area contributed by atoms with Crippen molar-refractivity contribution in [2.24, 2.45) is 0 Å². The Bertz CT molecular complexity index is 2130. The van der Waals surface area contributed by atoms with Gasteiger partial charge in [0.25, 0.3) is 0 Å². The molecule has 6 aromatic carbocycles. The van der Waals surface area contributed by atoms with Crippen molar-refractivity contribution in [3.63, 3.8) is 0 Å². The standard InChI is InChI=1S/C48H46O4.C5H12.C4H10.Y/c1-11-37-13-17-41(18-14-37)49-47-33(7)25-43(26-34(47)8)51-45-29(3)21-39(22-30(45)4)40-23-31(5)46(32(6)24-40)52-44-27-35(9)48(36(10)28-44)50-42-19-15-38(12-2)16-20-42;1-3-5-4-2;1-3-4-2;/h11-28H,1-2H2,3-10H3;3-5H2,1-2H3;3-4H2,1-2H3;. The van der Waals surface area contributed by atoms with Crippen molar-refractivity contribution in [2.45, 2.75) is 115 Å². The number of benzene rings is 6. The summed E-state index contributed by atoms with van der Waals surface area (Å²) in [5.41, 5.74) is 12.7. The number of hydrogen-bond acceptors (Lipinski definition) is 4. The minimum atomic E-state index is 0. The quantitative estimate of drug-likeness (QED) is 0.109. The van der Waals surface area contributed by atoms with Crippen LogP contribution in [0, 0.1) is 55.4 Å². The van der Waals surface area contributed by atoms with Crippen molar-refractivity contribution >= 4 is 12.2 Å². The summed E-state index contributed by atoms with van der Waals surface area (Å²) in [6.45, 7) is 33.0. The Balaban J connectivity index is 0.000000932. The van der Waals surface area contributed by atoms with E-state index in [0.717, 1.165) is 113 Å². The molecule has 323 valence electrons. The van der Waals surface area contributed by atoms with Crippen LogP contribution in [0.4, 0.5) is 0 Å². The molecule has 0 saturated heterocycles. The van der Waals surface area contributed by atoms with Crippen LogP contribution in [-0.2, 0) is 32.7 Å². The molecular formula is C57H68O4Y. The topological polar surface area (TPSA) is 36.9 Å². The molecule has 4 nitrogen and oxygen atoms in total. The summed E-state index contributed by atoms with van der Waals surface area (Å²) in [7, 11) is 0. The van der Waals surface area contributed by atoms with Crippen LogP contribution in [0.1, 0.15) is 115 Å². The van der Waals surface area contributed by atoms with Gasteiger partial charge in [0.1, 0.15) is 46.0 Å². The number of unbranched alkanes of at least 4 members (excludes halogenated alkanes) is 3. The van der Waals surface area contributed by atoms with Gasteiger partial charge in [-0.05, 0) is 195 Å². The SMILES string of the molecule is C=Cc1ccc(Oc2c(C)cc(Oc3c(C)cc(-c4cc(C)c(Oc5cc(C)c(Oc6ccc(C=C)cc6)c(C)c5)c(C)c4)cc3C)cc2C)cc1.CCCC.CCCCC.[Y]. The van der Waals surface area contributed by atoms with Crippen molar-refractivity contribution in [2.75, 3.05) is 0 Å². The zero-order chi connectivity index (χ0) is 44.6. The Kier molecular flexibility index (Phi) is 21.0. The first-order valence-electron chi connectivity index (χ1n) is 21.9. The van der Waals surface area contributed by atoms with E-state index in [1.807, 2.05) is 113 Å². The second-order valence-corrected chi connectivity index (χ2v) is 16.0. The molecule has 6 aromatic rings. The van der Waals surface area contributed by atoms with Crippen LogP contribution in [-0.4, -0.2) is 0 Å². The molecule has 0 saturated carbocycles. The van der Waals surface area contributed by atoms with E-state index in [-0.39, 0.29) is 32.7 Å². The smallest absolute Gasteiger partial charge is 0.133 e. The molecule has 0 unspecified atom stereocenters. The number of ether oxygens (including phenoxy) is 4.